The summed E-state index contributed by atoms with van der Waals surface area (Å²) in [4.78, 5) is 29.2. The predicted molar refractivity (Wildman–Crippen MR) is 140 cm³/mol. The highest BCUT2D eigenvalue weighted by molar-refractivity contribution is 7.99. The number of hydrogen-bond acceptors (Lipinski definition) is 3. The van der Waals surface area contributed by atoms with Crippen LogP contribution in [0.3, 0.4) is 0 Å². The van der Waals surface area contributed by atoms with E-state index in [2.05, 4.69) is 55.8 Å². The first kappa shape index (κ1) is 23.2. The smallest absolute Gasteiger partial charge is 0.257 e. The molecular weight excluding hydrogens is 440 g/mol. The minimum atomic E-state index is -0.230. The molecule has 1 N–H and O–H groups in total. The number of pyridine rings is 1. The third kappa shape index (κ3) is 3.88. The van der Waals surface area contributed by atoms with E-state index in [0.29, 0.717) is 11.3 Å². The summed E-state index contributed by atoms with van der Waals surface area (Å²) in [5.74, 6) is 0.406. The summed E-state index contributed by atoms with van der Waals surface area (Å²) < 4.78 is 2.08. The zero-order valence-corrected chi connectivity index (χ0v) is 21.4. The average Bonchev–Trinajstić information content (AvgIpc) is 3.30. The molecule has 0 spiro atoms. The summed E-state index contributed by atoms with van der Waals surface area (Å²) in [6.45, 7) is 9.72. The van der Waals surface area contributed by atoms with Crippen LogP contribution in [0, 0.1) is 16.7 Å². The Morgan fingerprint density at radius 2 is 1.88 bits per heavy atom. The van der Waals surface area contributed by atoms with Gasteiger partial charge in [0.25, 0.3) is 5.91 Å². The predicted octanol–water partition coefficient (Wildman–Crippen LogP) is 6.51. The van der Waals surface area contributed by atoms with E-state index in [9.17, 15) is 9.59 Å². The maximum Gasteiger partial charge on any atom is 0.257 e. The van der Waals surface area contributed by atoms with E-state index < -0.39 is 0 Å². The van der Waals surface area contributed by atoms with Gasteiger partial charge < -0.3 is 9.88 Å². The number of carbonyl (C=O) groups excluding carboxylic acids is 1. The fourth-order valence-electron chi connectivity index (χ4n) is 6.52. The molecule has 2 aromatic carbocycles. The number of benzene rings is 2. The summed E-state index contributed by atoms with van der Waals surface area (Å²) in [6, 6.07) is 16.3. The molecule has 0 unspecified atom stereocenters. The molecule has 2 aliphatic carbocycles. The van der Waals surface area contributed by atoms with Gasteiger partial charge in [-0.1, -0.05) is 57.7 Å². The van der Waals surface area contributed by atoms with Gasteiger partial charge in [0.1, 0.15) is 5.56 Å². The molecule has 2 bridgehead atoms. The van der Waals surface area contributed by atoms with Gasteiger partial charge in [0.2, 0.25) is 5.43 Å². The lowest BCUT2D eigenvalue weighted by Gasteiger charge is -2.43. The van der Waals surface area contributed by atoms with Crippen molar-refractivity contribution in [2.24, 2.45) is 16.7 Å². The van der Waals surface area contributed by atoms with Crippen molar-refractivity contribution >= 4 is 28.6 Å². The van der Waals surface area contributed by atoms with E-state index in [0.717, 1.165) is 41.1 Å². The van der Waals surface area contributed by atoms with Crippen LogP contribution in [0.1, 0.15) is 63.7 Å². The number of aryl methyl sites for hydroxylation is 1. The fourth-order valence-corrected chi connectivity index (χ4v) is 7.39. The van der Waals surface area contributed by atoms with Gasteiger partial charge in [-0.25, -0.2) is 0 Å². The summed E-state index contributed by atoms with van der Waals surface area (Å²) in [6.07, 6.45) is 6.24. The molecule has 34 heavy (non-hydrogen) atoms. The lowest BCUT2D eigenvalue weighted by atomic mass is 9.68. The first-order valence-corrected chi connectivity index (χ1v) is 13.3. The largest absolute Gasteiger partial charge is 0.348 e. The van der Waals surface area contributed by atoms with Crippen molar-refractivity contribution in [2.45, 2.75) is 75.8 Å². The number of fused-ring (bicyclic) bond motifs is 3. The van der Waals surface area contributed by atoms with Crippen molar-refractivity contribution < 1.29 is 4.79 Å². The van der Waals surface area contributed by atoms with Crippen LogP contribution >= 0.6 is 11.8 Å². The maximum atomic E-state index is 13.5. The molecule has 1 heterocycles. The second-order valence-electron chi connectivity index (χ2n) is 11.0. The molecule has 4 nitrogen and oxygen atoms in total. The quantitative estimate of drug-likeness (QED) is 0.443. The Morgan fingerprint density at radius 1 is 1.12 bits per heavy atom. The number of nitrogens with one attached hydrogen (secondary N) is 1. The van der Waals surface area contributed by atoms with Gasteiger partial charge in [-0.05, 0) is 72.8 Å². The van der Waals surface area contributed by atoms with Crippen LogP contribution in [0.15, 0.2) is 69.3 Å². The third-order valence-electron chi connectivity index (χ3n) is 8.29. The van der Waals surface area contributed by atoms with E-state index in [4.69, 9.17) is 0 Å². The van der Waals surface area contributed by atoms with Crippen molar-refractivity contribution in [2.75, 3.05) is 0 Å². The summed E-state index contributed by atoms with van der Waals surface area (Å²) in [7, 11) is 0. The van der Waals surface area contributed by atoms with E-state index in [-0.39, 0.29) is 33.8 Å². The van der Waals surface area contributed by atoms with Gasteiger partial charge >= 0.3 is 0 Å². The zero-order valence-electron chi connectivity index (χ0n) is 20.6. The molecule has 5 rings (SSSR count). The summed E-state index contributed by atoms with van der Waals surface area (Å²) in [5.41, 5.74) is 1.13. The summed E-state index contributed by atoms with van der Waals surface area (Å²) in [5, 5.41) is 3.93. The molecule has 2 aliphatic rings. The number of amides is 1. The van der Waals surface area contributed by atoms with Crippen LogP contribution < -0.4 is 10.7 Å². The van der Waals surface area contributed by atoms with Gasteiger partial charge in [0.15, 0.2) is 0 Å². The van der Waals surface area contributed by atoms with Crippen LogP contribution in [-0.2, 0) is 6.54 Å². The number of rotatable bonds is 6. The highest BCUT2D eigenvalue weighted by Crippen LogP contribution is 2.62. The van der Waals surface area contributed by atoms with Crippen LogP contribution in [0.25, 0.3) is 10.9 Å². The molecule has 178 valence electrons. The van der Waals surface area contributed by atoms with Crippen LogP contribution in [0.4, 0.5) is 0 Å². The Bertz CT molecular complexity index is 1290. The first-order chi connectivity index (χ1) is 16.2. The van der Waals surface area contributed by atoms with E-state index >= 15 is 0 Å². The highest BCUT2D eigenvalue weighted by atomic mass is 32.2. The number of nitrogens with zero attached hydrogens (tertiary/aromatic N) is 1. The standard InChI is InChI=1S/C29H34N2O2S/c1-5-15-31-18-23(26(33)30-27-28(2,3)19-13-14-29(27,4)17-19)25(32)22-12-11-21(16-24(22)31)34-20-9-7-6-8-10-20/h6-12,16,18-19,27H,5,13-15,17H2,1-4H3,(H,30,33)/t19-,27+,29+/m0/s1. The lowest BCUT2D eigenvalue weighted by molar-refractivity contribution is 0.0736. The first-order valence-electron chi connectivity index (χ1n) is 12.4. The normalized spacial score (nSPS) is 25.1. The van der Waals surface area contributed by atoms with Gasteiger partial charge in [0.05, 0.1) is 5.52 Å². The Balaban J connectivity index is 1.50. The molecule has 5 heteroatoms. The van der Waals surface area contributed by atoms with E-state index in [1.807, 2.05) is 30.3 Å². The Hall–Kier alpha value is -2.53. The van der Waals surface area contributed by atoms with E-state index in [1.54, 1.807) is 18.0 Å². The molecule has 3 atom stereocenters. The van der Waals surface area contributed by atoms with Crippen molar-refractivity contribution in [3.05, 3.63) is 70.5 Å². The minimum absolute atomic E-state index is 0.0471. The minimum Gasteiger partial charge on any atom is -0.348 e. The second kappa shape index (κ2) is 8.60. The molecule has 2 fully saturated rings. The molecule has 0 aliphatic heterocycles. The third-order valence-corrected chi connectivity index (χ3v) is 9.28. The SMILES string of the molecule is CCCn1cc(C(=O)N[C@@H]2C(C)(C)[C@H]3CC[C@]2(C)C3)c(=O)c2ccc(Sc3ccccc3)cc21. The van der Waals surface area contributed by atoms with Crippen LogP contribution in [0.2, 0.25) is 0 Å². The van der Waals surface area contributed by atoms with Gasteiger partial charge in [-0.3, -0.25) is 9.59 Å². The Labute approximate surface area is 206 Å². The van der Waals surface area contributed by atoms with Gasteiger partial charge in [0, 0.05) is 34.0 Å². The number of aromatic nitrogens is 1. The van der Waals surface area contributed by atoms with Crippen LogP contribution in [0.5, 0.6) is 0 Å². The molecule has 1 amide bonds. The maximum absolute atomic E-state index is 13.5. The Morgan fingerprint density at radius 3 is 2.56 bits per heavy atom. The molecule has 0 saturated heterocycles. The average molecular weight is 475 g/mol. The topological polar surface area (TPSA) is 51.1 Å². The second-order valence-corrected chi connectivity index (χ2v) is 12.1. The lowest BCUT2D eigenvalue weighted by Crippen LogP contribution is -2.53. The molecule has 3 aromatic rings. The number of hydrogen-bond donors (Lipinski definition) is 1. The van der Waals surface area contributed by atoms with Crippen molar-refractivity contribution in [3.63, 3.8) is 0 Å². The fraction of sp³-hybridized carbons (Fsp3) is 0.448. The van der Waals surface area contributed by atoms with Gasteiger partial charge in [-0.15, -0.1) is 0 Å². The van der Waals surface area contributed by atoms with Crippen LogP contribution in [-0.4, -0.2) is 16.5 Å². The van der Waals surface area contributed by atoms with Crippen molar-refractivity contribution in [3.8, 4) is 0 Å². The molecule has 0 radical (unpaired) electrons. The van der Waals surface area contributed by atoms with Crippen molar-refractivity contribution in [1.82, 2.24) is 9.88 Å². The Kier molecular flexibility index (Phi) is 5.87. The summed E-state index contributed by atoms with van der Waals surface area (Å²) >= 11 is 1.68. The molecular formula is C29H34N2O2S. The molecule has 1 aromatic heterocycles. The van der Waals surface area contributed by atoms with Crippen molar-refractivity contribution in [1.29, 1.82) is 0 Å². The molecule has 2 saturated carbocycles. The highest BCUT2D eigenvalue weighted by Gasteiger charge is 2.59. The number of carbonyl (C=O) groups is 1. The zero-order chi connectivity index (χ0) is 24.1. The van der Waals surface area contributed by atoms with E-state index in [1.165, 1.54) is 6.42 Å². The monoisotopic (exact) mass is 474 g/mol. The van der Waals surface area contributed by atoms with Gasteiger partial charge in [-0.2, -0.15) is 0 Å².